The maximum atomic E-state index is 13.0. The highest BCUT2D eigenvalue weighted by atomic mass is 35.5. The van der Waals surface area contributed by atoms with Crippen LogP contribution in [0.2, 0.25) is 5.02 Å². The van der Waals surface area contributed by atoms with E-state index >= 15 is 0 Å². The maximum Gasteiger partial charge on any atom is 0.322 e. The molecule has 0 bridgehead atoms. The van der Waals surface area contributed by atoms with E-state index in [1.165, 1.54) is 17.3 Å². The van der Waals surface area contributed by atoms with Crippen molar-refractivity contribution in [1.82, 2.24) is 20.9 Å². The van der Waals surface area contributed by atoms with Gasteiger partial charge in [0.15, 0.2) is 0 Å². The van der Waals surface area contributed by atoms with Gasteiger partial charge >= 0.3 is 6.03 Å². The van der Waals surface area contributed by atoms with E-state index in [-0.39, 0.29) is 17.9 Å². The molecule has 2 heterocycles. The molecule has 1 atom stereocenters. The van der Waals surface area contributed by atoms with Gasteiger partial charge in [0.2, 0.25) is 0 Å². The van der Waals surface area contributed by atoms with Gasteiger partial charge in [-0.2, -0.15) is 0 Å². The molecule has 0 radical (unpaired) electrons. The molecule has 2 aromatic rings. The van der Waals surface area contributed by atoms with Crippen LogP contribution in [-0.4, -0.2) is 53.2 Å². The lowest BCUT2D eigenvalue weighted by Crippen LogP contribution is -2.46. The highest BCUT2D eigenvalue weighted by Crippen LogP contribution is 2.28. The normalized spacial score (nSPS) is 21.5. The van der Waals surface area contributed by atoms with Gasteiger partial charge in [-0.15, -0.1) is 11.8 Å². The minimum absolute atomic E-state index is 0.112. The molecule has 2 saturated heterocycles. The van der Waals surface area contributed by atoms with Crippen LogP contribution in [0.25, 0.3) is 0 Å². The number of urea groups is 1. The summed E-state index contributed by atoms with van der Waals surface area (Å²) in [4.78, 5) is 39.8. The summed E-state index contributed by atoms with van der Waals surface area (Å²) in [7, 11) is 0. The quantitative estimate of drug-likeness (QED) is 0.412. The second kappa shape index (κ2) is 10.2. The molecule has 2 fully saturated rings. The van der Waals surface area contributed by atoms with Gasteiger partial charge in [0.1, 0.15) is 5.54 Å². The molecule has 0 spiro atoms. The molecule has 2 aromatic carbocycles. The van der Waals surface area contributed by atoms with Crippen LogP contribution >= 0.6 is 23.4 Å². The second-order valence-corrected chi connectivity index (χ2v) is 10.1. The number of halogens is 1. The summed E-state index contributed by atoms with van der Waals surface area (Å²) in [6.45, 7) is 4.38. The van der Waals surface area contributed by atoms with Crippen molar-refractivity contribution in [3.05, 3.63) is 64.7 Å². The zero-order valence-corrected chi connectivity index (χ0v) is 20.0. The Labute approximate surface area is 202 Å². The van der Waals surface area contributed by atoms with Crippen LogP contribution < -0.4 is 16.0 Å². The Balaban J connectivity index is 1.30. The van der Waals surface area contributed by atoms with Crippen molar-refractivity contribution in [2.24, 2.45) is 0 Å². The fourth-order valence-electron chi connectivity index (χ4n) is 4.03. The molecule has 174 valence electrons. The number of hydrogen-bond acceptors (Lipinski definition) is 5. The molecule has 0 saturated carbocycles. The lowest BCUT2D eigenvalue weighted by Gasteiger charge is -2.32. The van der Waals surface area contributed by atoms with Crippen LogP contribution in [0.5, 0.6) is 0 Å². The van der Waals surface area contributed by atoms with Crippen molar-refractivity contribution in [1.29, 1.82) is 0 Å². The fourth-order valence-corrected chi connectivity index (χ4v) is 5.29. The molecule has 3 N–H and O–H groups in total. The number of nitrogens with zero attached hydrogens (tertiary/aromatic N) is 1. The van der Waals surface area contributed by atoms with Crippen LogP contribution in [0, 0.1) is 0 Å². The standard InChI is InChI=1S/C24H27ClN4O3S/c1-24(22(31)27-23(32)28-24)15-33-20-5-3-2-4-19(20)21(30)26-18-10-12-29(13-11-18)14-16-6-8-17(25)9-7-16/h2-9,18H,10-15H2,1H3,(H,26,30)(H2,27,28,31,32). The van der Waals surface area contributed by atoms with Gasteiger partial charge in [-0.05, 0) is 49.6 Å². The van der Waals surface area contributed by atoms with Gasteiger partial charge < -0.3 is 10.6 Å². The smallest absolute Gasteiger partial charge is 0.322 e. The van der Waals surface area contributed by atoms with E-state index in [1.807, 2.05) is 42.5 Å². The molecule has 0 aliphatic carbocycles. The first-order chi connectivity index (χ1) is 15.8. The number of nitrogens with one attached hydrogen (secondary N) is 3. The molecule has 4 rings (SSSR count). The van der Waals surface area contributed by atoms with E-state index in [0.29, 0.717) is 11.3 Å². The monoisotopic (exact) mass is 486 g/mol. The SMILES string of the molecule is CC1(CSc2ccccc2C(=O)NC2CCN(Cc3ccc(Cl)cc3)CC2)NC(=O)NC1=O. The summed E-state index contributed by atoms with van der Waals surface area (Å²) in [5.41, 5.74) is 0.815. The number of hydrogen-bond donors (Lipinski definition) is 3. The van der Waals surface area contributed by atoms with E-state index in [2.05, 4.69) is 20.9 Å². The average molecular weight is 487 g/mol. The van der Waals surface area contributed by atoms with Gasteiger partial charge in [0.25, 0.3) is 11.8 Å². The zero-order chi connectivity index (χ0) is 23.4. The van der Waals surface area contributed by atoms with Gasteiger partial charge in [-0.25, -0.2) is 4.79 Å². The number of likely N-dealkylation sites (tertiary alicyclic amines) is 1. The zero-order valence-electron chi connectivity index (χ0n) is 18.4. The first-order valence-corrected chi connectivity index (χ1v) is 12.3. The summed E-state index contributed by atoms with van der Waals surface area (Å²) >= 11 is 7.35. The summed E-state index contributed by atoms with van der Waals surface area (Å²) < 4.78 is 0. The summed E-state index contributed by atoms with van der Waals surface area (Å²) in [5.74, 6) is -0.135. The Hall–Kier alpha value is -2.55. The topological polar surface area (TPSA) is 90.5 Å². The molecule has 9 heteroatoms. The van der Waals surface area contributed by atoms with Gasteiger partial charge in [-0.1, -0.05) is 35.9 Å². The molecule has 0 aromatic heterocycles. The van der Waals surface area contributed by atoms with Crippen LogP contribution in [0.15, 0.2) is 53.4 Å². The van der Waals surface area contributed by atoms with Crippen molar-refractivity contribution in [3.63, 3.8) is 0 Å². The first kappa shape index (κ1) is 23.6. The predicted octanol–water partition coefficient (Wildman–Crippen LogP) is 3.42. The lowest BCUT2D eigenvalue weighted by molar-refractivity contribution is -0.122. The predicted molar refractivity (Wildman–Crippen MR) is 129 cm³/mol. The molecule has 1 unspecified atom stereocenters. The van der Waals surface area contributed by atoms with E-state index in [4.69, 9.17) is 11.6 Å². The second-order valence-electron chi connectivity index (χ2n) is 8.68. The Morgan fingerprint density at radius 2 is 1.85 bits per heavy atom. The van der Waals surface area contributed by atoms with Crippen LogP contribution in [0.1, 0.15) is 35.7 Å². The highest BCUT2D eigenvalue weighted by Gasteiger charge is 2.42. The minimum atomic E-state index is -0.998. The summed E-state index contributed by atoms with van der Waals surface area (Å²) in [6, 6.07) is 14.9. The molecule has 4 amide bonds. The van der Waals surface area contributed by atoms with Crippen molar-refractivity contribution in [2.45, 2.75) is 42.8 Å². The van der Waals surface area contributed by atoms with E-state index in [0.717, 1.165) is 42.4 Å². The number of thioether (sulfide) groups is 1. The van der Waals surface area contributed by atoms with Crippen LogP contribution in [0.3, 0.4) is 0 Å². The molecule has 7 nitrogen and oxygen atoms in total. The third-order valence-corrected chi connectivity index (χ3v) is 7.65. The number of piperidine rings is 1. The average Bonchev–Trinajstić information content (AvgIpc) is 3.06. The molecule has 2 aliphatic rings. The van der Waals surface area contributed by atoms with Crippen LogP contribution in [-0.2, 0) is 11.3 Å². The van der Waals surface area contributed by atoms with Crippen molar-refractivity contribution in [3.8, 4) is 0 Å². The molecule has 33 heavy (non-hydrogen) atoms. The Morgan fingerprint density at radius 3 is 2.52 bits per heavy atom. The van der Waals surface area contributed by atoms with E-state index in [9.17, 15) is 14.4 Å². The van der Waals surface area contributed by atoms with E-state index in [1.54, 1.807) is 13.0 Å². The van der Waals surface area contributed by atoms with Gasteiger partial charge in [0, 0.05) is 41.3 Å². The fraction of sp³-hybridized carbons (Fsp3) is 0.375. The largest absolute Gasteiger partial charge is 0.349 e. The molecular formula is C24H27ClN4O3S. The number of benzene rings is 2. The third-order valence-electron chi connectivity index (χ3n) is 6.01. The lowest BCUT2D eigenvalue weighted by atomic mass is 10.0. The highest BCUT2D eigenvalue weighted by molar-refractivity contribution is 7.99. The van der Waals surface area contributed by atoms with Crippen molar-refractivity contribution < 1.29 is 14.4 Å². The Bertz CT molecular complexity index is 1040. The number of imide groups is 1. The van der Waals surface area contributed by atoms with Gasteiger partial charge in [0.05, 0.1) is 5.56 Å². The maximum absolute atomic E-state index is 13.0. The minimum Gasteiger partial charge on any atom is -0.349 e. The van der Waals surface area contributed by atoms with Crippen molar-refractivity contribution >= 4 is 41.2 Å². The Morgan fingerprint density at radius 1 is 1.15 bits per heavy atom. The van der Waals surface area contributed by atoms with E-state index < -0.39 is 11.6 Å². The molecule has 2 aliphatic heterocycles. The van der Waals surface area contributed by atoms with Crippen molar-refractivity contribution in [2.75, 3.05) is 18.8 Å². The number of carbonyl (C=O) groups is 3. The van der Waals surface area contributed by atoms with Crippen LogP contribution in [0.4, 0.5) is 4.79 Å². The number of carbonyl (C=O) groups excluding carboxylic acids is 3. The number of rotatable bonds is 7. The summed E-state index contributed by atoms with van der Waals surface area (Å²) in [6.07, 6.45) is 1.78. The third kappa shape index (κ3) is 5.88. The number of amides is 4. The summed E-state index contributed by atoms with van der Waals surface area (Å²) in [5, 5.41) is 8.84. The Kier molecular flexibility index (Phi) is 7.26. The first-order valence-electron chi connectivity index (χ1n) is 11.0. The molecular weight excluding hydrogens is 460 g/mol. The van der Waals surface area contributed by atoms with Gasteiger partial charge in [-0.3, -0.25) is 19.8 Å².